The average Bonchev–Trinajstić information content (AvgIpc) is 2.78. The van der Waals surface area contributed by atoms with Crippen LogP contribution in [0.15, 0.2) is 78.0 Å². The lowest BCUT2D eigenvalue weighted by molar-refractivity contribution is 0.0941. The Balaban J connectivity index is 1.65. The molecule has 3 aromatic carbocycles. The Labute approximate surface area is 209 Å². The number of benzene rings is 3. The fourth-order valence-electron chi connectivity index (χ4n) is 3.29. The topological polar surface area (TPSA) is 101 Å². The van der Waals surface area contributed by atoms with Crippen molar-refractivity contribution < 1.29 is 13.2 Å². The summed E-state index contributed by atoms with van der Waals surface area (Å²) >= 11 is 8.00. The van der Waals surface area contributed by atoms with E-state index in [9.17, 15) is 13.2 Å². The van der Waals surface area contributed by atoms with E-state index < -0.39 is 15.9 Å². The first-order valence-corrected chi connectivity index (χ1v) is 12.8. The molecular weight excluding hydrogens is 575 g/mol. The highest BCUT2D eigenvalue weighted by atomic mass is 127. The summed E-state index contributed by atoms with van der Waals surface area (Å²) in [6.07, 6.45) is 2.93. The normalized spacial score (nSPS) is 12.3. The van der Waals surface area contributed by atoms with Gasteiger partial charge in [0.25, 0.3) is 15.9 Å². The number of para-hydroxylation sites is 1. The summed E-state index contributed by atoms with van der Waals surface area (Å²) in [5, 5.41) is 3.51. The fraction of sp³-hybridized carbons (Fsp3) is 0.0870. The summed E-state index contributed by atoms with van der Waals surface area (Å²) in [7, 11) is -4.05. The summed E-state index contributed by atoms with van der Waals surface area (Å²) in [5.41, 5.74) is 1.95. The standard InChI is InChI=1S/C23H18ClIN4O3S/c1-14(15-5-7-16(24)8-6-15)28-23(30)18-10-9-17(25)13-20(18)29-33(31,32)21-4-2-3-19-22(21)27-12-11-26-19/h2-14,29H,1H3,(H,28,30). The Hall–Kier alpha value is -2.76. The molecule has 0 saturated carbocycles. The molecule has 10 heteroatoms. The molecular formula is C23H18ClIN4O3S. The number of nitrogens with one attached hydrogen (secondary N) is 2. The van der Waals surface area contributed by atoms with Crippen molar-refractivity contribution in [2.75, 3.05) is 4.72 Å². The third-order valence-electron chi connectivity index (χ3n) is 4.94. The van der Waals surface area contributed by atoms with Crippen molar-refractivity contribution in [3.63, 3.8) is 0 Å². The van der Waals surface area contributed by atoms with Gasteiger partial charge in [0.05, 0.1) is 22.8 Å². The van der Waals surface area contributed by atoms with Crippen LogP contribution >= 0.6 is 34.2 Å². The van der Waals surface area contributed by atoms with Crippen LogP contribution in [0, 0.1) is 3.57 Å². The molecule has 0 aliphatic rings. The average molecular weight is 593 g/mol. The largest absolute Gasteiger partial charge is 0.345 e. The number of carbonyl (C=O) groups is 1. The molecule has 0 fully saturated rings. The van der Waals surface area contributed by atoms with Crippen LogP contribution in [0.4, 0.5) is 5.69 Å². The lowest BCUT2D eigenvalue weighted by Gasteiger charge is -2.17. The Kier molecular flexibility index (Phi) is 6.82. The molecule has 1 aromatic heterocycles. The Morgan fingerprint density at radius 3 is 2.52 bits per heavy atom. The molecule has 1 unspecified atom stereocenters. The van der Waals surface area contributed by atoms with Crippen LogP contribution in [0.3, 0.4) is 0 Å². The quantitative estimate of drug-likeness (QED) is 0.301. The second-order valence-electron chi connectivity index (χ2n) is 7.22. The van der Waals surface area contributed by atoms with Gasteiger partial charge in [-0.1, -0.05) is 29.8 Å². The van der Waals surface area contributed by atoms with Crippen molar-refractivity contribution in [2.45, 2.75) is 17.9 Å². The summed E-state index contributed by atoms with van der Waals surface area (Å²) in [6, 6.07) is 16.5. The van der Waals surface area contributed by atoms with E-state index in [4.69, 9.17) is 11.6 Å². The van der Waals surface area contributed by atoms with Crippen LogP contribution in [-0.2, 0) is 10.0 Å². The van der Waals surface area contributed by atoms with Crippen molar-refractivity contribution >= 4 is 66.8 Å². The van der Waals surface area contributed by atoms with Gasteiger partial charge >= 0.3 is 0 Å². The molecule has 0 aliphatic carbocycles. The zero-order valence-corrected chi connectivity index (χ0v) is 21.0. The highest BCUT2D eigenvalue weighted by Gasteiger charge is 2.23. The molecule has 0 spiro atoms. The maximum atomic E-state index is 13.3. The van der Waals surface area contributed by atoms with E-state index in [1.54, 1.807) is 42.5 Å². The highest BCUT2D eigenvalue weighted by Crippen LogP contribution is 2.26. The van der Waals surface area contributed by atoms with E-state index in [1.165, 1.54) is 18.5 Å². The maximum Gasteiger partial charge on any atom is 0.264 e. The van der Waals surface area contributed by atoms with E-state index in [0.717, 1.165) is 9.13 Å². The number of rotatable bonds is 6. The second kappa shape index (κ2) is 9.62. The number of hydrogen-bond donors (Lipinski definition) is 2. The van der Waals surface area contributed by atoms with Gasteiger partial charge in [-0.25, -0.2) is 8.42 Å². The number of fused-ring (bicyclic) bond motifs is 1. The van der Waals surface area contributed by atoms with Crippen molar-refractivity contribution in [1.29, 1.82) is 0 Å². The maximum absolute atomic E-state index is 13.3. The van der Waals surface area contributed by atoms with E-state index in [-0.39, 0.29) is 27.7 Å². The van der Waals surface area contributed by atoms with Gasteiger partial charge in [0.2, 0.25) is 0 Å². The predicted octanol–water partition coefficient (Wildman–Crippen LogP) is 5.18. The monoisotopic (exact) mass is 592 g/mol. The summed E-state index contributed by atoms with van der Waals surface area (Å²) in [6.45, 7) is 1.84. The second-order valence-corrected chi connectivity index (χ2v) is 10.6. The van der Waals surface area contributed by atoms with Gasteiger partial charge in [0, 0.05) is 21.0 Å². The molecule has 2 N–H and O–H groups in total. The first-order chi connectivity index (χ1) is 15.7. The van der Waals surface area contributed by atoms with Crippen LogP contribution in [0.5, 0.6) is 0 Å². The molecule has 0 aliphatic heterocycles. The first kappa shape index (κ1) is 23.4. The van der Waals surface area contributed by atoms with Crippen molar-refractivity contribution in [3.8, 4) is 0 Å². The van der Waals surface area contributed by atoms with E-state index in [0.29, 0.717) is 10.5 Å². The Bertz CT molecular complexity index is 1440. The number of sulfonamides is 1. The number of aromatic nitrogens is 2. The van der Waals surface area contributed by atoms with Crippen molar-refractivity contribution in [3.05, 3.63) is 92.8 Å². The minimum atomic E-state index is -4.05. The lowest BCUT2D eigenvalue weighted by Crippen LogP contribution is -2.28. The van der Waals surface area contributed by atoms with Gasteiger partial charge in [-0.3, -0.25) is 19.5 Å². The molecule has 33 heavy (non-hydrogen) atoms. The van der Waals surface area contributed by atoms with Crippen LogP contribution in [0.1, 0.15) is 28.9 Å². The summed E-state index contributed by atoms with van der Waals surface area (Å²) in [4.78, 5) is 21.4. The number of halogens is 2. The van der Waals surface area contributed by atoms with Crippen molar-refractivity contribution in [2.24, 2.45) is 0 Å². The minimum Gasteiger partial charge on any atom is -0.345 e. The zero-order valence-electron chi connectivity index (χ0n) is 17.3. The predicted molar refractivity (Wildman–Crippen MR) is 137 cm³/mol. The van der Waals surface area contributed by atoms with E-state index >= 15 is 0 Å². The number of hydrogen-bond acceptors (Lipinski definition) is 5. The minimum absolute atomic E-state index is 0.0205. The Morgan fingerprint density at radius 1 is 1.03 bits per heavy atom. The fourth-order valence-corrected chi connectivity index (χ4v) is 5.15. The van der Waals surface area contributed by atoms with Gasteiger partial charge in [0.15, 0.2) is 0 Å². The third kappa shape index (κ3) is 5.26. The van der Waals surface area contributed by atoms with E-state index in [2.05, 4.69) is 42.6 Å². The number of nitrogens with zero attached hydrogens (tertiary/aromatic N) is 2. The third-order valence-corrected chi connectivity index (χ3v) is 7.26. The molecule has 4 rings (SSSR count). The van der Waals surface area contributed by atoms with Crippen LogP contribution in [0.25, 0.3) is 11.0 Å². The Morgan fingerprint density at radius 2 is 1.76 bits per heavy atom. The van der Waals surface area contributed by atoms with Crippen LogP contribution in [-0.4, -0.2) is 24.3 Å². The zero-order chi connectivity index (χ0) is 23.6. The molecule has 1 atom stereocenters. The number of carbonyl (C=O) groups excluding carboxylic acids is 1. The molecule has 7 nitrogen and oxygen atoms in total. The molecule has 0 radical (unpaired) electrons. The summed E-state index contributed by atoms with van der Waals surface area (Å²) < 4.78 is 29.8. The van der Waals surface area contributed by atoms with E-state index in [1.807, 2.05) is 19.1 Å². The van der Waals surface area contributed by atoms with Gasteiger partial charge in [-0.15, -0.1) is 0 Å². The molecule has 168 valence electrons. The molecule has 1 heterocycles. The van der Waals surface area contributed by atoms with Gasteiger partial charge in [-0.05, 0) is 77.5 Å². The van der Waals surface area contributed by atoms with Gasteiger partial charge < -0.3 is 5.32 Å². The summed E-state index contributed by atoms with van der Waals surface area (Å²) in [5.74, 6) is -0.413. The number of anilines is 1. The van der Waals surface area contributed by atoms with Gasteiger partial charge in [0.1, 0.15) is 10.4 Å². The molecule has 4 aromatic rings. The van der Waals surface area contributed by atoms with Gasteiger partial charge in [-0.2, -0.15) is 0 Å². The van der Waals surface area contributed by atoms with Crippen molar-refractivity contribution in [1.82, 2.24) is 15.3 Å². The van der Waals surface area contributed by atoms with Crippen LogP contribution < -0.4 is 10.0 Å². The molecule has 1 amide bonds. The molecule has 0 saturated heterocycles. The number of amides is 1. The highest BCUT2D eigenvalue weighted by molar-refractivity contribution is 14.1. The SMILES string of the molecule is CC(NC(=O)c1ccc(I)cc1NS(=O)(=O)c1cccc2nccnc12)c1ccc(Cl)cc1. The smallest absolute Gasteiger partial charge is 0.264 e. The lowest BCUT2D eigenvalue weighted by atomic mass is 10.1. The first-order valence-electron chi connectivity index (χ1n) is 9.83. The van der Waals surface area contributed by atoms with Crippen LogP contribution in [0.2, 0.25) is 5.02 Å². The molecule has 0 bridgehead atoms.